The van der Waals surface area contributed by atoms with Crippen LogP contribution in [0, 0.1) is 5.92 Å². The van der Waals surface area contributed by atoms with Gasteiger partial charge in [-0.1, -0.05) is 6.92 Å². The molecule has 0 aliphatic rings. The number of esters is 1. The molecule has 0 saturated carbocycles. The van der Waals surface area contributed by atoms with Crippen LogP contribution in [0.15, 0.2) is 0 Å². The maximum atomic E-state index is 10.7. The van der Waals surface area contributed by atoms with E-state index >= 15 is 0 Å². The van der Waals surface area contributed by atoms with E-state index in [0.29, 0.717) is 6.61 Å². The molecule has 0 aliphatic heterocycles. The minimum absolute atomic E-state index is 0. The summed E-state index contributed by atoms with van der Waals surface area (Å²) in [6, 6.07) is 0. The van der Waals surface area contributed by atoms with E-state index in [-0.39, 0.29) is 64.2 Å². The summed E-state index contributed by atoms with van der Waals surface area (Å²) < 4.78 is 4.72. The molecule has 0 N–H and O–H groups in total. The van der Waals surface area contributed by atoms with E-state index in [1.165, 1.54) is 0 Å². The summed E-state index contributed by atoms with van der Waals surface area (Å²) in [7, 11) is 0. The SMILES string of the molecule is CCOC(=O)[C-](C)CC.[Rb+]. The number of carbonyl (C=O) groups is 1. The molecule has 0 spiro atoms. The summed E-state index contributed by atoms with van der Waals surface area (Å²) >= 11 is 0. The van der Waals surface area contributed by atoms with Crippen molar-refractivity contribution in [3.63, 3.8) is 0 Å². The van der Waals surface area contributed by atoms with Crippen molar-refractivity contribution in [3.8, 4) is 0 Å². The van der Waals surface area contributed by atoms with Gasteiger partial charge in [0.25, 0.3) is 0 Å². The molecule has 0 aromatic rings. The number of hydrogen-bond donors (Lipinski definition) is 0. The minimum atomic E-state index is -0.167. The van der Waals surface area contributed by atoms with Crippen LogP contribution in [0.4, 0.5) is 0 Å². The zero-order valence-corrected chi connectivity index (χ0v) is 12.1. The molecule has 0 aromatic carbocycles. The van der Waals surface area contributed by atoms with Crippen LogP contribution in [-0.4, -0.2) is 12.6 Å². The maximum absolute atomic E-state index is 10.7. The molecule has 0 amide bonds. The first-order valence-corrected chi connectivity index (χ1v) is 3.21. The normalized spacial score (nSPS) is 7.90. The van der Waals surface area contributed by atoms with Crippen molar-refractivity contribution in [1.82, 2.24) is 0 Å². The van der Waals surface area contributed by atoms with E-state index in [4.69, 9.17) is 4.74 Å². The summed E-state index contributed by atoms with van der Waals surface area (Å²) in [5.74, 6) is 0.622. The molecule has 0 saturated heterocycles. The Morgan fingerprint density at radius 3 is 2.30 bits per heavy atom. The van der Waals surface area contributed by atoms with Gasteiger partial charge in [-0.2, -0.15) is 13.3 Å². The third kappa shape index (κ3) is 5.89. The second-order valence-electron chi connectivity index (χ2n) is 1.85. The van der Waals surface area contributed by atoms with Gasteiger partial charge >= 0.3 is 58.2 Å². The Bertz CT molecular complexity index is 93.6. The number of hydrogen-bond acceptors (Lipinski definition) is 2. The number of rotatable bonds is 3. The Hall–Kier alpha value is 1.15. The van der Waals surface area contributed by atoms with Gasteiger partial charge in [-0.3, -0.25) is 10.7 Å². The van der Waals surface area contributed by atoms with Crippen molar-refractivity contribution in [2.75, 3.05) is 6.61 Å². The molecule has 0 bridgehead atoms. The average Bonchev–Trinajstić information content (AvgIpc) is 1.87. The van der Waals surface area contributed by atoms with Gasteiger partial charge in [-0.15, -0.1) is 0 Å². The predicted octanol–water partition coefficient (Wildman–Crippen LogP) is -1.44. The van der Waals surface area contributed by atoms with Crippen molar-refractivity contribution in [2.24, 2.45) is 0 Å². The van der Waals surface area contributed by atoms with E-state index < -0.39 is 0 Å². The summed E-state index contributed by atoms with van der Waals surface area (Å²) in [6.45, 7) is 6.00. The summed E-state index contributed by atoms with van der Waals surface area (Å²) in [4.78, 5) is 10.7. The summed E-state index contributed by atoms with van der Waals surface area (Å²) in [5, 5.41) is 0. The molecule has 0 aliphatic carbocycles. The first kappa shape index (κ1) is 13.7. The fourth-order valence-corrected chi connectivity index (χ4v) is 0.399. The third-order valence-electron chi connectivity index (χ3n) is 1.15. The van der Waals surface area contributed by atoms with Crippen LogP contribution < -0.4 is 58.2 Å². The van der Waals surface area contributed by atoms with Gasteiger partial charge in [-0.05, 0) is 6.92 Å². The molecular formula is C7H13O2Rb. The summed E-state index contributed by atoms with van der Waals surface area (Å²) in [6.07, 6.45) is 0.777. The Morgan fingerprint density at radius 2 is 2.00 bits per heavy atom. The maximum Gasteiger partial charge on any atom is 1.00 e. The quantitative estimate of drug-likeness (QED) is 0.425. The minimum Gasteiger partial charge on any atom is -0.488 e. The average molecular weight is 215 g/mol. The molecule has 0 atom stereocenters. The van der Waals surface area contributed by atoms with E-state index in [0.717, 1.165) is 12.3 Å². The van der Waals surface area contributed by atoms with Gasteiger partial charge in [0.1, 0.15) is 0 Å². The zero-order valence-electron chi connectivity index (χ0n) is 7.23. The Kier molecular flexibility index (Phi) is 11.3. The van der Waals surface area contributed by atoms with E-state index in [2.05, 4.69) is 0 Å². The first-order chi connectivity index (χ1) is 4.22. The van der Waals surface area contributed by atoms with Crippen molar-refractivity contribution < 1.29 is 67.7 Å². The van der Waals surface area contributed by atoms with Crippen molar-refractivity contribution in [2.45, 2.75) is 27.2 Å². The van der Waals surface area contributed by atoms with Crippen LogP contribution in [-0.2, 0) is 9.53 Å². The first-order valence-electron chi connectivity index (χ1n) is 3.21. The van der Waals surface area contributed by atoms with Gasteiger partial charge in [0.15, 0.2) is 5.97 Å². The van der Waals surface area contributed by atoms with Crippen LogP contribution >= 0.6 is 0 Å². The third-order valence-corrected chi connectivity index (χ3v) is 1.15. The van der Waals surface area contributed by atoms with Gasteiger partial charge in [0.05, 0.1) is 6.61 Å². The van der Waals surface area contributed by atoms with Crippen molar-refractivity contribution in [1.29, 1.82) is 0 Å². The van der Waals surface area contributed by atoms with Crippen LogP contribution in [0.2, 0.25) is 0 Å². The van der Waals surface area contributed by atoms with E-state index in [1.54, 1.807) is 13.8 Å². The Balaban J connectivity index is 0. The zero-order chi connectivity index (χ0) is 7.28. The smallest absolute Gasteiger partial charge is 0.488 e. The van der Waals surface area contributed by atoms with Gasteiger partial charge in [0, 0.05) is 0 Å². The molecule has 0 fully saturated rings. The summed E-state index contributed by atoms with van der Waals surface area (Å²) in [5.41, 5.74) is 0. The van der Waals surface area contributed by atoms with Gasteiger partial charge in [-0.25, -0.2) is 0 Å². The Morgan fingerprint density at radius 1 is 1.50 bits per heavy atom. The fourth-order valence-electron chi connectivity index (χ4n) is 0.399. The van der Waals surface area contributed by atoms with Crippen LogP contribution in [0.25, 0.3) is 0 Å². The topological polar surface area (TPSA) is 26.3 Å². The van der Waals surface area contributed by atoms with E-state index in [9.17, 15) is 4.79 Å². The molecule has 0 radical (unpaired) electrons. The van der Waals surface area contributed by atoms with Gasteiger partial charge in [0.2, 0.25) is 0 Å². The molecule has 2 nitrogen and oxygen atoms in total. The molecule has 10 heavy (non-hydrogen) atoms. The van der Waals surface area contributed by atoms with Crippen LogP contribution in [0.1, 0.15) is 27.2 Å². The monoisotopic (exact) mass is 214 g/mol. The van der Waals surface area contributed by atoms with Crippen molar-refractivity contribution in [3.05, 3.63) is 5.92 Å². The molecular weight excluding hydrogens is 202 g/mol. The molecule has 3 heteroatoms. The van der Waals surface area contributed by atoms with Crippen LogP contribution in [0.3, 0.4) is 0 Å². The van der Waals surface area contributed by atoms with Crippen LogP contribution in [0.5, 0.6) is 0 Å². The number of carbonyl (C=O) groups excluding carboxylic acids is 1. The second-order valence-corrected chi connectivity index (χ2v) is 1.85. The standard InChI is InChI=1S/C7H13O2.Rb/c1-4-6(3)7(8)9-5-2;/h4-5H2,1-3H3;/q-1;+1. The predicted molar refractivity (Wildman–Crippen MR) is 35.8 cm³/mol. The Labute approximate surface area is 111 Å². The second kappa shape index (κ2) is 8.24. The molecule has 0 rings (SSSR count). The largest absolute Gasteiger partial charge is 1.00 e. The molecule has 0 aromatic heterocycles. The molecule has 0 unspecified atom stereocenters. The number of ether oxygens (including phenoxy) is 1. The van der Waals surface area contributed by atoms with E-state index in [1.807, 2.05) is 6.92 Å². The van der Waals surface area contributed by atoms with Gasteiger partial charge < -0.3 is 4.74 Å². The molecule has 54 valence electrons. The fraction of sp³-hybridized carbons (Fsp3) is 0.714. The van der Waals surface area contributed by atoms with Crippen molar-refractivity contribution >= 4 is 5.97 Å². The molecule has 0 heterocycles.